The summed E-state index contributed by atoms with van der Waals surface area (Å²) >= 11 is 2.00. The number of rotatable bonds is 7. The molecule has 1 rings (SSSR count). The molecule has 0 saturated carbocycles. The van der Waals surface area contributed by atoms with Crippen LogP contribution in [0.5, 0.6) is 5.75 Å². The fourth-order valence-corrected chi connectivity index (χ4v) is 1.57. The molecule has 0 bridgehead atoms. The summed E-state index contributed by atoms with van der Waals surface area (Å²) in [5.41, 5.74) is 0.435. The van der Waals surface area contributed by atoms with Crippen molar-refractivity contribution in [1.82, 2.24) is 5.32 Å². The molecule has 6 heteroatoms. The maximum absolute atomic E-state index is 11.7. The molecule has 0 aliphatic heterocycles. The predicted molar refractivity (Wildman–Crippen MR) is 75.9 cm³/mol. The molecule has 1 amide bonds. The van der Waals surface area contributed by atoms with Gasteiger partial charge in [0.25, 0.3) is 5.91 Å². The van der Waals surface area contributed by atoms with E-state index in [9.17, 15) is 9.90 Å². The molecule has 2 N–H and O–H groups in total. The van der Waals surface area contributed by atoms with Crippen LogP contribution in [-0.2, 0) is 9.47 Å². The lowest BCUT2D eigenvalue weighted by Gasteiger charge is -2.07. The molecule has 1 aromatic rings. The number of methoxy groups -OCH3 is 1. The Balaban J connectivity index is 2.30. The van der Waals surface area contributed by atoms with E-state index < -0.39 is 0 Å². The third-order valence-corrected chi connectivity index (χ3v) is 3.08. The van der Waals surface area contributed by atoms with Gasteiger partial charge >= 0.3 is 0 Å². The van der Waals surface area contributed by atoms with E-state index in [1.165, 1.54) is 6.07 Å². The summed E-state index contributed by atoms with van der Waals surface area (Å²) in [7, 11) is 1.61. The van der Waals surface area contributed by atoms with Gasteiger partial charge < -0.3 is 19.9 Å². The van der Waals surface area contributed by atoms with E-state index >= 15 is 0 Å². The highest BCUT2D eigenvalue weighted by Gasteiger charge is 2.07. The Morgan fingerprint density at radius 2 is 2.17 bits per heavy atom. The van der Waals surface area contributed by atoms with Crippen LogP contribution in [0.2, 0.25) is 0 Å². The van der Waals surface area contributed by atoms with Crippen LogP contribution in [0.25, 0.3) is 0 Å². The number of phenols is 1. The third-order valence-electron chi connectivity index (χ3n) is 2.17. The first-order valence-electron chi connectivity index (χ1n) is 5.48. The largest absolute Gasteiger partial charge is 0.507 e. The molecular weight excluding hydrogens is 349 g/mol. The second-order valence-electron chi connectivity index (χ2n) is 3.53. The lowest BCUT2D eigenvalue weighted by Crippen LogP contribution is -2.27. The zero-order valence-electron chi connectivity index (χ0n) is 10.1. The van der Waals surface area contributed by atoms with Gasteiger partial charge in [0.15, 0.2) is 0 Å². The standard InChI is InChI=1S/C12H16INO4/c1-17-6-7-18-5-4-14-12(16)9-2-3-10(13)11(15)8-9/h2-3,8,15H,4-7H2,1H3,(H,14,16). The van der Waals surface area contributed by atoms with Crippen LogP contribution < -0.4 is 5.32 Å². The van der Waals surface area contributed by atoms with Crippen LogP contribution >= 0.6 is 22.6 Å². The van der Waals surface area contributed by atoms with E-state index in [1.807, 2.05) is 22.6 Å². The first-order chi connectivity index (χ1) is 8.65. The molecule has 0 fully saturated rings. The van der Waals surface area contributed by atoms with Crippen molar-refractivity contribution in [1.29, 1.82) is 0 Å². The number of benzene rings is 1. The van der Waals surface area contributed by atoms with Crippen molar-refractivity contribution in [2.24, 2.45) is 0 Å². The number of ether oxygens (including phenoxy) is 2. The average Bonchev–Trinajstić information content (AvgIpc) is 2.36. The van der Waals surface area contributed by atoms with Gasteiger partial charge in [0.05, 0.1) is 23.4 Å². The lowest BCUT2D eigenvalue weighted by molar-refractivity contribution is 0.0692. The molecule has 0 aliphatic rings. The van der Waals surface area contributed by atoms with Crippen molar-refractivity contribution in [3.63, 3.8) is 0 Å². The smallest absolute Gasteiger partial charge is 0.251 e. The summed E-state index contributed by atoms with van der Waals surface area (Å²) in [6.45, 7) is 1.91. The summed E-state index contributed by atoms with van der Waals surface area (Å²) in [4.78, 5) is 11.7. The topological polar surface area (TPSA) is 67.8 Å². The number of amides is 1. The number of phenolic OH excluding ortho intramolecular Hbond substituents is 1. The van der Waals surface area contributed by atoms with Crippen molar-refractivity contribution in [3.05, 3.63) is 27.3 Å². The highest BCUT2D eigenvalue weighted by atomic mass is 127. The highest BCUT2D eigenvalue weighted by Crippen LogP contribution is 2.20. The average molecular weight is 365 g/mol. The van der Waals surface area contributed by atoms with Gasteiger partial charge in [-0.05, 0) is 40.8 Å². The van der Waals surface area contributed by atoms with Crippen LogP contribution in [0.1, 0.15) is 10.4 Å². The maximum Gasteiger partial charge on any atom is 0.251 e. The van der Waals surface area contributed by atoms with Gasteiger partial charge in [0.1, 0.15) is 5.75 Å². The number of carbonyl (C=O) groups is 1. The van der Waals surface area contributed by atoms with Crippen LogP contribution in [0.3, 0.4) is 0 Å². The van der Waals surface area contributed by atoms with Gasteiger partial charge in [0.2, 0.25) is 0 Å². The van der Waals surface area contributed by atoms with E-state index in [4.69, 9.17) is 9.47 Å². The summed E-state index contributed by atoms with van der Waals surface area (Å²) in [5.74, 6) is -0.114. The fraction of sp³-hybridized carbons (Fsp3) is 0.417. The maximum atomic E-state index is 11.7. The van der Waals surface area contributed by atoms with Gasteiger partial charge in [-0.1, -0.05) is 0 Å². The van der Waals surface area contributed by atoms with Gasteiger partial charge in [-0.2, -0.15) is 0 Å². The number of halogens is 1. The summed E-state index contributed by atoms with van der Waals surface area (Å²) in [6, 6.07) is 4.81. The van der Waals surface area contributed by atoms with Crippen molar-refractivity contribution < 1.29 is 19.4 Å². The summed E-state index contributed by atoms with van der Waals surface area (Å²) < 4.78 is 10.8. The van der Waals surface area contributed by atoms with Gasteiger partial charge in [-0.25, -0.2) is 0 Å². The Bertz CT molecular complexity index is 398. The lowest BCUT2D eigenvalue weighted by atomic mass is 10.2. The number of hydrogen-bond acceptors (Lipinski definition) is 4. The van der Waals surface area contributed by atoms with Gasteiger partial charge in [-0.15, -0.1) is 0 Å². The third kappa shape index (κ3) is 5.19. The van der Waals surface area contributed by atoms with Crippen molar-refractivity contribution in [2.45, 2.75) is 0 Å². The molecular formula is C12H16INO4. The minimum atomic E-state index is -0.225. The van der Waals surface area contributed by atoms with Crippen LogP contribution in [-0.4, -0.2) is 44.5 Å². The number of aromatic hydroxyl groups is 1. The normalized spacial score (nSPS) is 10.3. The first kappa shape index (κ1) is 15.2. The molecule has 0 spiro atoms. The van der Waals surface area contributed by atoms with Crippen LogP contribution in [0, 0.1) is 3.57 Å². The van der Waals surface area contributed by atoms with E-state index in [0.29, 0.717) is 35.5 Å². The minimum Gasteiger partial charge on any atom is -0.507 e. The van der Waals surface area contributed by atoms with E-state index in [1.54, 1.807) is 19.2 Å². The molecule has 18 heavy (non-hydrogen) atoms. The molecule has 0 aliphatic carbocycles. The molecule has 100 valence electrons. The second-order valence-corrected chi connectivity index (χ2v) is 4.69. The summed E-state index contributed by atoms with van der Waals surface area (Å²) in [6.07, 6.45) is 0. The molecule has 0 unspecified atom stereocenters. The number of carbonyl (C=O) groups excluding carboxylic acids is 1. The first-order valence-corrected chi connectivity index (χ1v) is 6.56. The van der Waals surface area contributed by atoms with Crippen molar-refractivity contribution in [3.8, 4) is 5.75 Å². The Morgan fingerprint density at radius 3 is 2.83 bits per heavy atom. The molecule has 0 atom stereocenters. The van der Waals surface area contributed by atoms with E-state index in [-0.39, 0.29) is 11.7 Å². The van der Waals surface area contributed by atoms with Crippen molar-refractivity contribution >= 4 is 28.5 Å². The Kier molecular flexibility index (Phi) is 6.99. The molecule has 1 aromatic carbocycles. The predicted octanol–water partition coefficient (Wildman–Crippen LogP) is 1.39. The Labute approximate surface area is 120 Å². The Morgan fingerprint density at radius 1 is 1.39 bits per heavy atom. The molecule has 0 aromatic heterocycles. The zero-order valence-corrected chi connectivity index (χ0v) is 12.3. The van der Waals surface area contributed by atoms with E-state index in [2.05, 4.69) is 5.32 Å². The van der Waals surface area contributed by atoms with Gasteiger partial charge in [0, 0.05) is 19.2 Å². The van der Waals surface area contributed by atoms with Crippen molar-refractivity contribution in [2.75, 3.05) is 33.5 Å². The molecule has 0 radical (unpaired) electrons. The van der Waals surface area contributed by atoms with Gasteiger partial charge in [-0.3, -0.25) is 4.79 Å². The van der Waals surface area contributed by atoms with E-state index in [0.717, 1.165) is 0 Å². The molecule has 0 heterocycles. The fourth-order valence-electron chi connectivity index (χ4n) is 1.24. The van der Waals surface area contributed by atoms with Crippen LogP contribution in [0.15, 0.2) is 18.2 Å². The SMILES string of the molecule is COCCOCCNC(=O)c1ccc(I)c(O)c1. The summed E-state index contributed by atoms with van der Waals surface area (Å²) in [5, 5.41) is 12.2. The van der Waals surface area contributed by atoms with Crippen LogP contribution in [0.4, 0.5) is 0 Å². The number of nitrogens with one attached hydrogen (secondary N) is 1. The quantitative estimate of drug-likeness (QED) is 0.566. The number of hydrogen-bond donors (Lipinski definition) is 2. The second kappa shape index (κ2) is 8.28. The highest BCUT2D eigenvalue weighted by molar-refractivity contribution is 14.1. The molecule has 0 saturated heterocycles. The minimum absolute atomic E-state index is 0.111. The zero-order chi connectivity index (χ0) is 13.4. The Hall–Kier alpha value is -0.860. The molecule has 5 nitrogen and oxygen atoms in total. The monoisotopic (exact) mass is 365 g/mol.